The molecule has 0 saturated carbocycles. The molecule has 0 spiro atoms. The molecule has 0 saturated heterocycles. The molecule has 0 aliphatic carbocycles. The molecular formula is C17H17FO2. The number of hydrogen-bond donors (Lipinski definition) is 0. The average molecular weight is 272 g/mol. The van der Waals surface area contributed by atoms with E-state index < -0.39 is 5.82 Å². The second-order valence-corrected chi connectivity index (χ2v) is 4.63. The first-order chi connectivity index (χ1) is 9.65. The third-order valence-corrected chi connectivity index (χ3v) is 3.14. The Hall–Kier alpha value is -2.16. The predicted octanol–water partition coefficient (Wildman–Crippen LogP) is 4.02. The normalized spacial score (nSPS) is 10.3. The number of carbonyl (C=O) groups is 1. The molecule has 2 rings (SSSR count). The lowest BCUT2D eigenvalue weighted by molar-refractivity contribution is 0.103. The van der Waals surface area contributed by atoms with Crippen molar-refractivity contribution in [2.24, 2.45) is 0 Å². The lowest BCUT2D eigenvalue weighted by atomic mass is 9.99. The van der Waals surface area contributed by atoms with Crippen molar-refractivity contribution in [2.75, 3.05) is 7.11 Å². The van der Waals surface area contributed by atoms with Crippen LogP contribution >= 0.6 is 0 Å². The maximum atomic E-state index is 13.6. The van der Waals surface area contributed by atoms with E-state index in [1.807, 2.05) is 18.2 Å². The highest BCUT2D eigenvalue weighted by Crippen LogP contribution is 2.20. The van der Waals surface area contributed by atoms with Gasteiger partial charge in [-0.25, -0.2) is 4.39 Å². The zero-order valence-corrected chi connectivity index (χ0v) is 11.7. The number of halogens is 1. The summed E-state index contributed by atoms with van der Waals surface area (Å²) in [6.45, 7) is 2.09. The van der Waals surface area contributed by atoms with Crippen molar-refractivity contribution in [2.45, 2.75) is 19.8 Å². The number of ketones is 1. The molecule has 104 valence electrons. The van der Waals surface area contributed by atoms with Crippen LogP contribution in [-0.4, -0.2) is 12.9 Å². The summed E-state index contributed by atoms with van der Waals surface area (Å²) in [6, 6.07) is 11.7. The molecule has 0 atom stereocenters. The Morgan fingerprint density at radius 1 is 1.15 bits per heavy atom. The van der Waals surface area contributed by atoms with Crippen LogP contribution < -0.4 is 4.74 Å². The first-order valence-corrected chi connectivity index (χ1v) is 6.63. The fourth-order valence-electron chi connectivity index (χ4n) is 2.13. The molecule has 0 radical (unpaired) electrons. The standard InChI is InChI=1S/C17H17FO2/c1-3-5-12-6-4-7-13(10-12)17(19)14-8-9-16(20-2)15(18)11-14/h4,6-11H,3,5H2,1-2H3. The van der Waals surface area contributed by atoms with Gasteiger partial charge < -0.3 is 4.74 Å². The smallest absolute Gasteiger partial charge is 0.193 e. The van der Waals surface area contributed by atoms with Gasteiger partial charge in [0, 0.05) is 11.1 Å². The van der Waals surface area contributed by atoms with E-state index in [9.17, 15) is 9.18 Å². The highest BCUT2D eigenvalue weighted by Gasteiger charge is 2.12. The summed E-state index contributed by atoms with van der Waals surface area (Å²) in [5, 5.41) is 0. The summed E-state index contributed by atoms with van der Waals surface area (Å²) in [5.74, 6) is -0.561. The van der Waals surface area contributed by atoms with Gasteiger partial charge in [-0.15, -0.1) is 0 Å². The molecule has 0 heterocycles. The number of aryl methyl sites for hydroxylation is 1. The van der Waals surface area contributed by atoms with E-state index in [1.165, 1.54) is 19.2 Å². The van der Waals surface area contributed by atoms with Gasteiger partial charge >= 0.3 is 0 Å². The summed E-state index contributed by atoms with van der Waals surface area (Å²) >= 11 is 0. The number of rotatable bonds is 5. The maximum Gasteiger partial charge on any atom is 0.193 e. The number of carbonyl (C=O) groups excluding carboxylic acids is 1. The topological polar surface area (TPSA) is 26.3 Å². The van der Waals surface area contributed by atoms with E-state index in [0.717, 1.165) is 18.4 Å². The summed E-state index contributed by atoms with van der Waals surface area (Å²) in [4.78, 5) is 12.3. The van der Waals surface area contributed by atoms with Gasteiger partial charge in [-0.2, -0.15) is 0 Å². The number of hydrogen-bond acceptors (Lipinski definition) is 2. The second kappa shape index (κ2) is 6.33. The summed E-state index contributed by atoms with van der Waals surface area (Å²) < 4.78 is 18.5. The Kier molecular flexibility index (Phi) is 4.51. The first-order valence-electron chi connectivity index (χ1n) is 6.63. The van der Waals surface area contributed by atoms with E-state index >= 15 is 0 Å². The Morgan fingerprint density at radius 3 is 2.55 bits per heavy atom. The molecule has 3 heteroatoms. The zero-order chi connectivity index (χ0) is 14.5. The molecule has 0 aromatic heterocycles. The highest BCUT2D eigenvalue weighted by molar-refractivity contribution is 6.09. The lowest BCUT2D eigenvalue weighted by Crippen LogP contribution is -2.03. The van der Waals surface area contributed by atoms with Crippen LogP contribution in [-0.2, 0) is 6.42 Å². The molecule has 0 amide bonds. The van der Waals surface area contributed by atoms with Crippen molar-refractivity contribution < 1.29 is 13.9 Å². The van der Waals surface area contributed by atoms with Crippen molar-refractivity contribution in [3.63, 3.8) is 0 Å². The average Bonchev–Trinajstić information content (AvgIpc) is 2.47. The van der Waals surface area contributed by atoms with E-state index in [4.69, 9.17) is 4.74 Å². The van der Waals surface area contributed by atoms with Gasteiger partial charge in [0.05, 0.1) is 7.11 Å². The van der Waals surface area contributed by atoms with Crippen LogP contribution in [0, 0.1) is 5.82 Å². The van der Waals surface area contributed by atoms with Gasteiger partial charge in [-0.3, -0.25) is 4.79 Å². The van der Waals surface area contributed by atoms with Crippen molar-refractivity contribution >= 4 is 5.78 Å². The van der Waals surface area contributed by atoms with Crippen molar-refractivity contribution in [1.29, 1.82) is 0 Å². The second-order valence-electron chi connectivity index (χ2n) is 4.63. The van der Waals surface area contributed by atoms with Crippen LogP contribution in [0.2, 0.25) is 0 Å². The number of benzene rings is 2. The van der Waals surface area contributed by atoms with Crippen LogP contribution in [0.15, 0.2) is 42.5 Å². The van der Waals surface area contributed by atoms with E-state index in [2.05, 4.69) is 6.92 Å². The van der Waals surface area contributed by atoms with Crippen LogP contribution in [0.5, 0.6) is 5.75 Å². The summed E-state index contributed by atoms with van der Waals surface area (Å²) in [7, 11) is 1.40. The zero-order valence-electron chi connectivity index (χ0n) is 11.7. The molecule has 2 aromatic carbocycles. The van der Waals surface area contributed by atoms with Crippen LogP contribution in [0.1, 0.15) is 34.8 Å². The first kappa shape index (κ1) is 14.3. The monoisotopic (exact) mass is 272 g/mol. The SMILES string of the molecule is CCCc1cccc(C(=O)c2ccc(OC)c(F)c2)c1. The van der Waals surface area contributed by atoms with E-state index in [0.29, 0.717) is 11.1 Å². The molecule has 0 aliphatic heterocycles. The van der Waals surface area contributed by atoms with Gasteiger partial charge in [0.1, 0.15) is 0 Å². The van der Waals surface area contributed by atoms with Crippen molar-refractivity contribution in [3.05, 3.63) is 65.0 Å². The van der Waals surface area contributed by atoms with Crippen LogP contribution in [0.4, 0.5) is 4.39 Å². The molecule has 2 nitrogen and oxygen atoms in total. The Morgan fingerprint density at radius 2 is 1.90 bits per heavy atom. The Labute approximate surface area is 118 Å². The molecule has 0 bridgehead atoms. The quantitative estimate of drug-likeness (QED) is 0.768. The Bertz CT molecular complexity index is 620. The number of ether oxygens (including phenoxy) is 1. The van der Waals surface area contributed by atoms with Crippen LogP contribution in [0.25, 0.3) is 0 Å². The number of methoxy groups -OCH3 is 1. The fourth-order valence-corrected chi connectivity index (χ4v) is 2.13. The Balaban J connectivity index is 2.31. The molecule has 0 fully saturated rings. The largest absolute Gasteiger partial charge is 0.494 e. The molecule has 2 aromatic rings. The van der Waals surface area contributed by atoms with Crippen molar-refractivity contribution in [3.8, 4) is 5.75 Å². The van der Waals surface area contributed by atoms with Crippen LogP contribution in [0.3, 0.4) is 0 Å². The predicted molar refractivity (Wildman–Crippen MR) is 76.8 cm³/mol. The van der Waals surface area contributed by atoms with Gasteiger partial charge in [-0.05, 0) is 36.2 Å². The third kappa shape index (κ3) is 3.05. The fraction of sp³-hybridized carbons (Fsp3) is 0.235. The molecule has 20 heavy (non-hydrogen) atoms. The van der Waals surface area contributed by atoms with Crippen molar-refractivity contribution in [1.82, 2.24) is 0 Å². The minimum Gasteiger partial charge on any atom is -0.494 e. The highest BCUT2D eigenvalue weighted by atomic mass is 19.1. The lowest BCUT2D eigenvalue weighted by Gasteiger charge is -2.06. The van der Waals surface area contributed by atoms with E-state index in [1.54, 1.807) is 12.1 Å². The summed E-state index contributed by atoms with van der Waals surface area (Å²) in [6.07, 6.45) is 1.95. The van der Waals surface area contributed by atoms with E-state index in [-0.39, 0.29) is 11.5 Å². The van der Waals surface area contributed by atoms with Gasteiger partial charge in [0.15, 0.2) is 17.3 Å². The third-order valence-electron chi connectivity index (χ3n) is 3.14. The maximum absolute atomic E-state index is 13.6. The molecular weight excluding hydrogens is 255 g/mol. The molecule has 0 unspecified atom stereocenters. The van der Waals surface area contributed by atoms with Gasteiger partial charge in [0.2, 0.25) is 0 Å². The molecule has 0 aliphatic rings. The minimum atomic E-state index is -0.525. The summed E-state index contributed by atoms with van der Waals surface area (Å²) in [5.41, 5.74) is 2.03. The van der Waals surface area contributed by atoms with Gasteiger partial charge in [-0.1, -0.05) is 31.5 Å². The molecule has 0 N–H and O–H groups in total. The van der Waals surface area contributed by atoms with Gasteiger partial charge in [0.25, 0.3) is 0 Å². The minimum absolute atomic E-state index is 0.140.